The lowest BCUT2D eigenvalue weighted by Gasteiger charge is -2.37. The third-order valence-electron chi connectivity index (χ3n) is 21.7. The van der Waals surface area contributed by atoms with Crippen LogP contribution in [-0.2, 0) is 115 Å². The number of nitrogens with one attached hydrogen (secondary N) is 11. The second-order valence-electron chi connectivity index (χ2n) is 32.8. The highest BCUT2D eigenvalue weighted by atomic mass is 35.5. The number of phenolic OH excluding ortho intramolecular Hbond substituents is 2. The lowest BCUT2D eigenvalue weighted by Crippen LogP contribution is -2.61. The van der Waals surface area contributed by atoms with Crippen LogP contribution in [0.5, 0.6) is 11.5 Å². The number of thioether (sulfide) groups is 1. The van der Waals surface area contributed by atoms with Gasteiger partial charge in [-0.25, -0.2) is 0 Å². The molecule has 2 heterocycles. The number of aliphatic carboxylic acids is 1. The molecule has 15 amide bonds. The molecule has 11 unspecified atom stereocenters. The van der Waals surface area contributed by atoms with Gasteiger partial charge in [-0.3, -0.25) is 76.7 Å². The Balaban J connectivity index is 1.21. The Morgan fingerprint density at radius 1 is 0.481 bits per heavy atom. The fraction of sp³-hybridized carbons (Fsp3) is 0.413. The second-order valence-corrected chi connectivity index (χ2v) is 34.3. The Hall–Kier alpha value is -13.4. The third kappa shape index (κ3) is 31.3. The van der Waals surface area contributed by atoms with E-state index in [2.05, 4.69) is 58.2 Å². The number of para-hydroxylation sites is 1. The van der Waals surface area contributed by atoms with Crippen LogP contribution in [0.2, 0.25) is 5.02 Å². The van der Waals surface area contributed by atoms with Crippen LogP contribution < -0.4 is 58.9 Å². The van der Waals surface area contributed by atoms with Crippen molar-refractivity contribution >= 4 is 129 Å². The maximum absolute atomic E-state index is 15.5. The van der Waals surface area contributed by atoms with Crippen molar-refractivity contribution in [2.45, 2.75) is 172 Å². The number of aromatic hydroxyl groups is 2. The molecule has 1 aromatic heterocycles. The molecule has 0 aliphatic carbocycles. The molecule has 8 rings (SSSR count). The molecule has 16 N–H and O–H groups in total. The number of nitrogens with two attached hydrogens (primary N) is 1. The van der Waals surface area contributed by atoms with Crippen molar-refractivity contribution in [3.63, 3.8) is 0 Å². The molecule has 35 nitrogen and oxygen atoms in total. The predicted molar refractivity (Wildman–Crippen MR) is 482 cm³/mol. The number of carboxylic acid groups (broad SMARTS) is 1. The number of carbonyl (C=O) groups is 16. The van der Waals surface area contributed by atoms with Crippen molar-refractivity contribution in [3.8, 4) is 11.5 Å². The first-order valence-electron chi connectivity index (χ1n) is 42.4. The maximum Gasteiger partial charge on any atom is 0.305 e. The van der Waals surface area contributed by atoms with E-state index in [1.165, 1.54) is 103 Å². The summed E-state index contributed by atoms with van der Waals surface area (Å²) in [5.74, 6) is -17.8. The van der Waals surface area contributed by atoms with Gasteiger partial charge in [-0.15, -0.1) is 11.8 Å². The summed E-state index contributed by atoms with van der Waals surface area (Å²) in [7, 11) is 5.22. The Labute approximate surface area is 757 Å². The molecule has 1 saturated heterocycles. The number of hydrogen-bond donors (Lipinski definition) is 15. The number of carboxylic acids is 1. The average molecular weight is 1820 g/mol. The van der Waals surface area contributed by atoms with Gasteiger partial charge < -0.3 is 98.8 Å². The monoisotopic (exact) mass is 1810 g/mol. The standard InChI is InChI=1S/C92H115ClN16O19S/c1-10-11-26-74-91(127)107(7)50-78(114)98-70(46-80(116)117)87(123)105-81(54(4)5)88(124)102-68(40-57-27-33-61(93)34-28-57)85(121)103-71(43-59-31-37-63(111)38-32-59)89(125)106(6)49-77(113)97-69(45-60-47-95-65-25-19-18-24-64(60)65)86(122)101-67(41-58-29-35-62(110)36-30-58)84(120)100-66(39-53(2)3)83(119)104-73(82(118)96-48-76(94)112)51-129-52-79(115)99-72(42-55-20-14-12-15-21-55)90(126)109(9)75(92(128)108(74)8)44-56-22-16-13-17-23-56/h12-25,27-38,47,53-54,66-75,81,95,110-111H,10-11,26,39-46,48-52H2,1-9H3,(H2,94,112)(H,96,118)(H,97,113)(H,98,114)(H,99,115)(H,100,120)(H,101,122)(H,102,124)(H,103,121)(H,104,119)(H,105,123)(H,116,117). The molecule has 6 aromatic carbocycles. The van der Waals surface area contributed by atoms with Crippen molar-refractivity contribution in [1.29, 1.82) is 0 Å². The highest BCUT2D eigenvalue weighted by Gasteiger charge is 2.41. The number of aromatic nitrogens is 1. The number of amides is 15. The molecule has 1 aliphatic heterocycles. The number of unbranched alkanes of at least 4 members (excludes halogenated alkanes) is 1. The van der Waals surface area contributed by atoms with E-state index < -0.39 is 199 Å². The van der Waals surface area contributed by atoms with Gasteiger partial charge in [0.15, 0.2) is 0 Å². The predicted octanol–water partition coefficient (Wildman–Crippen LogP) is 2.64. The van der Waals surface area contributed by atoms with Gasteiger partial charge in [-0.1, -0.05) is 174 Å². The van der Waals surface area contributed by atoms with E-state index in [0.717, 1.165) is 31.4 Å². The molecule has 0 bridgehead atoms. The van der Waals surface area contributed by atoms with Crippen LogP contribution >= 0.6 is 23.4 Å². The first-order chi connectivity index (χ1) is 61.3. The topological polar surface area (TPSA) is 509 Å². The molecule has 37 heteroatoms. The summed E-state index contributed by atoms with van der Waals surface area (Å²) < 4.78 is 0. The molecule has 11 atom stereocenters. The quantitative estimate of drug-likeness (QED) is 0.0438. The zero-order chi connectivity index (χ0) is 94.3. The Kier molecular flexibility index (Phi) is 38.4. The van der Waals surface area contributed by atoms with Gasteiger partial charge in [0.25, 0.3) is 0 Å². The Morgan fingerprint density at radius 3 is 1.46 bits per heavy atom. The maximum atomic E-state index is 15.5. The lowest BCUT2D eigenvalue weighted by molar-refractivity contribution is -0.151. The van der Waals surface area contributed by atoms with Crippen LogP contribution in [-0.4, -0.2) is 260 Å². The van der Waals surface area contributed by atoms with Crippen molar-refractivity contribution in [3.05, 3.63) is 202 Å². The molecule has 0 spiro atoms. The van der Waals surface area contributed by atoms with E-state index in [4.69, 9.17) is 17.3 Å². The van der Waals surface area contributed by atoms with E-state index in [0.29, 0.717) is 62.1 Å². The number of fused-ring (bicyclic) bond motifs is 1. The van der Waals surface area contributed by atoms with Crippen LogP contribution in [0.4, 0.5) is 0 Å². The van der Waals surface area contributed by atoms with Crippen molar-refractivity contribution in [2.24, 2.45) is 17.6 Å². The van der Waals surface area contributed by atoms with Gasteiger partial charge in [0, 0.05) is 94.6 Å². The molecule has 0 radical (unpaired) electrons. The molecular formula is C92H115ClN16O19S. The van der Waals surface area contributed by atoms with E-state index in [-0.39, 0.29) is 74.5 Å². The first-order valence-corrected chi connectivity index (χ1v) is 43.9. The van der Waals surface area contributed by atoms with Crippen molar-refractivity contribution in [1.82, 2.24) is 77.8 Å². The molecule has 129 heavy (non-hydrogen) atoms. The fourth-order valence-corrected chi connectivity index (χ4v) is 15.7. The number of rotatable bonds is 23. The van der Waals surface area contributed by atoms with Crippen molar-refractivity contribution in [2.75, 3.05) is 59.3 Å². The third-order valence-corrected chi connectivity index (χ3v) is 23.0. The number of likely N-dealkylation sites (N-methyl/N-ethyl adjacent to an activating group) is 4. The largest absolute Gasteiger partial charge is 0.508 e. The number of nitrogens with zero attached hydrogens (tertiary/aromatic N) is 4. The van der Waals surface area contributed by atoms with Crippen LogP contribution in [0.1, 0.15) is 100 Å². The van der Waals surface area contributed by atoms with E-state index in [1.54, 1.807) is 117 Å². The van der Waals surface area contributed by atoms with Crippen LogP contribution in [0.3, 0.4) is 0 Å². The van der Waals surface area contributed by atoms with Gasteiger partial charge in [0.1, 0.15) is 78.0 Å². The average Bonchev–Trinajstić information content (AvgIpc) is 1.45. The molecule has 7 aromatic rings. The normalized spacial score (nSPS) is 21.8. The molecule has 0 saturated carbocycles. The van der Waals surface area contributed by atoms with Gasteiger partial charge in [-0.2, -0.15) is 0 Å². The zero-order valence-electron chi connectivity index (χ0n) is 73.4. The van der Waals surface area contributed by atoms with E-state index in [9.17, 15) is 63.3 Å². The number of hydrogen-bond acceptors (Lipinski definition) is 19. The molecule has 690 valence electrons. The van der Waals surface area contributed by atoms with Gasteiger partial charge in [0.05, 0.1) is 31.8 Å². The number of primary amides is 1. The zero-order valence-corrected chi connectivity index (χ0v) is 75.0. The van der Waals surface area contributed by atoms with Gasteiger partial charge in [-0.05, 0) is 101 Å². The number of phenols is 2. The minimum absolute atomic E-state index is 0.0239. The number of aromatic amines is 1. The minimum Gasteiger partial charge on any atom is -0.508 e. The number of halogens is 1. The second kappa shape index (κ2) is 49.1. The molecule has 1 fully saturated rings. The fourth-order valence-electron chi connectivity index (χ4n) is 14.7. The summed E-state index contributed by atoms with van der Waals surface area (Å²) in [6, 6.07) is 24.6. The van der Waals surface area contributed by atoms with Crippen molar-refractivity contribution < 1.29 is 92.0 Å². The summed E-state index contributed by atoms with van der Waals surface area (Å²) in [5, 5.41) is 58.3. The summed E-state index contributed by atoms with van der Waals surface area (Å²) in [6.07, 6.45) is -0.0769. The number of H-pyrrole nitrogens is 1. The summed E-state index contributed by atoms with van der Waals surface area (Å²) in [6.45, 7) is 6.07. The highest BCUT2D eigenvalue weighted by molar-refractivity contribution is 8.00. The lowest BCUT2D eigenvalue weighted by atomic mass is 9.99. The van der Waals surface area contributed by atoms with Gasteiger partial charge in [0.2, 0.25) is 88.6 Å². The first kappa shape index (κ1) is 101. The molecular weight excluding hydrogens is 1700 g/mol. The van der Waals surface area contributed by atoms with Gasteiger partial charge >= 0.3 is 5.97 Å². The van der Waals surface area contributed by atoms with E-state index in [1.807, 2.05) is 6.92 Å². The Morgan fingerprint density at radius 2 is 0.922 bits per heavy atom. The van der Waals surface area contributed by atoms with Crippen LogP contribution in [0.25, 0.3) is 10.9 Å². The number of benzene rings is 6. The number of carbonyl (C=O) groups excluding carboxylic acids is 15. The highest BCUT2D eigenvalue weighted by Crippen LogP contribution is 2.24. The van der Waals surface area contributed by atoms with E-state index >= 15 is 28.8 Å². The van der Waals surface area contributed by atoms with Crippen LogP contribution in [0, 0.1) is 11.8 Å². The minimum atomic E-state index is -1.92. The molecule has 1 aliphatic rings. The SMILES string of the molecule is CCCCC1C(=O)N(C)CC(=O)NC(CC(=O)O)C(=O)NC(C(C)C)C(=O)NC(Cc2ccc(Cl)cc2)C(=O)NC(Cc2ccc(O)cc2)C(=O)N(C)CC(=O)NC(Cc2c[nH]c3ccccc23)C(=O)NC(Cc2ccc(O)cc2)C(=O)NC(CC(C)C)C(=O)NC(C(=O)NCC(N)=O)CSCC(=O)NC(Cc2ccccc2)C(=O)N(C)C(Cc2ccccc2)C(=O)N1C. The summed E-state index contributed by atoms with van der Waals surface area (Å²) >= 11 is 7.13. The summed E-state index contributed by atoms with van der Waals surface area (Å²) in [4.78, 5) is 241. The summed E-state index contributed by atoms with van der Waals surface area (Å²) in [5.41, 5.74) is 8.97. The Bertz CT molecular complexity index is 5090. The van der Waals surface area contributed by atoms with Crippen LogP contribution in [0.15, 0.2) is 164 Å². The smallest absolute Gasteiger partial charge is 0.305 e.